The van der Waals surface area contributed by atoms with Gasteiger partial charge in [-0.2, -0.15) is 0 Å². The number of nitrogens with zero attached hydrogens (tertiary/aromatic N) is 1. The van der Waals surface area contributed by atoms with Crippen LogP contribution in [0.15, 0.2) is 0 Å². The lowest BCUT2D eigenvalue weighted by atomic mass is 9.95. The lowest BCUT2D eigenvalue weighted by molar-refractivity contribution is -0.150. The number of rotatable bonds is 7. The quantitative estimate of drug-likeness (QED) is 0.443. The first-order chi connectivity index (χ1) is 16.2. The molecule has 0 aromatic carbocycles. The second-order valence-electron chi connectivity index (χ2n) is 9.19. The van der Waals surface area contributed by atoms with E-state index in [1.807, 2.05) is 0 Å². The van der Waals surface area contributed by atoms with E-state index in [9.17, 15) is 24.0 Å². The predicted octanol–water partition coefficient (Wildman–Crippen LogP) is 2.54. The van der Waals surface area contributed by atoms with E-state index < -0.39 is 48.5 Å². The number of anilines is 1. The minimum atomic E-state index is -0.909. The van der Waals surface area contributed by atoms with Gasteiger partial charge in [0.05, 0.1) is 11.7 Å². The molecule has 4 rings (SSSR count). The fourth-order valence-corrected chi connectivity index (χ4v) is 6.06. The van der Waals surface area contributed by atoms with E-state index in [0.717, 1.165) is 53.9 Å². The Bertz CT molecular complexity index is 1030. The van der Waals surface area contributed by atoms with Crippen LogP contribution in [0.1, 0.15) is 73.2 Å². The van der Waals surface area contributed by atoms with E-state index in [0.29, 0.717) is 23.4 Å². The molecule has 1 saturated carbocycles. The van der Waals surface area contributed by atoms with Gasteiger partial charge in [0.15, 0.2) is 6.61 Å². The van der Waals surface area contributed by atoms with Crippen LogP contribution in [0.2, 0.25) is 0 Å². The van der Waals surface area contributed by atoms with E-state index >= 15 is 0 Å². The van der Waals surface area contributed by atoms with Crippen LogP contribution in [0.25, 0.3) is 0 Å². The highest BCUT2D eigenvalue weighted by Gasteiger charge is 2.52. The Balaban J connectivity index is 1.36. The number of ether oxygens (including phenoxy) is 2. The zero-order valence-electron chi connectivity index (χ0n) is 19.4. The summed E-state index contributed by atoms with van der Waals surface area (Å²) in [7, 11) is 0. The van der Waals surface area contributed by atoms with Crippen molar-refractivity contribution in [1.82, 2.24) is 10.2 Å². The van der Waals surface area contributed by atoms with Gasteiger partial charge in [-0.1, -0.05) is 12.8 Å². The Morgan fingerprint density at radius 1 is 1.12 bits per heavy atom. The molecule has 10 nitrogen and oxygen atoms in total. The first kappa shape index (κ1) is 24.2. The molecule has 2 fully saturated rings. The first-order valence-electron chi connectivity index (χ1n) is 11.7. The van der Waals surface area contributed by atoms with Crippen molar-refractivity contribution in [1.29, 1.82) is 0 Å². The first-order valence-corrected chi connectivity index (χ1v) is 12.5. The summed E-state index contributed by atoms with van der Waals surface area (Å²) in [6.45, 7) is 2.36. The van der Waals surface area contributed by atoms with Gasteiger partial charge in [-0.25, -0.2) is 9.59 Å². The van der Waals surface area contributed by atoms with Gasteiger partial charge in [-0.15, -0.1) is 11.3 Å². The standard InChI is InChI=1S/C23H29N3O7S/c1-13(2)33-20(29)18-14-7-3-4-8-15(14)34-19(18)24-16(27)12-32-17(28)11-26-21(30)23(25-22(26)31)9-5-6-10-23/h13H,3-12H2,1-2H3,(H,24,27)(H,25,31). The van der Waals surface area contributed by atoms with Gasteiger partial charge in [0.1, 0.15) is 17.1 Å². The molecule has 1 aromatic heterocycles. The molecular formula is C23H29N3O7S. The molecule has 1 saturated heterocycles. The molecule has 2 aliphatic carbocycles. The van der Waals surface area contributed by atoms with Crippen LogP contribution in [0.4, 0.5) is 9.80 Å². The molecule has 4 amide bonds. The Morgan fingerprint density at radius 2 is 1.82 bits per heavy atom. The monoisotopic (exact) mass is 491 g/mol. The van der Waals surface area contributed by atoms with E-state index in [1.54, 1.807) is 13.8 Å². The largest absolute Gasteiger partial charge is 0.459 e. The summed E-state index contributed by atoms with van der Waals surface area (Å²) < 4.78 is 10.4. The van der Waals surface area contributed by atoms with E-state index in [-0.39, 0.29) is 6.10 Å². The van der Waals surface area contributed by atoms with Crippen molar-refractivity contribution in [2.45, 2.75) is 76.9 Å². The Labute approximate surface area is 201 Å². The number of urea groups is 1. The second-order valence-corrected chi connectivity index (χ2v) is 10.3. The van der Waals surface area contributed by atoms with Gasteiger partial charge < -0.3 is 20.1 Å². The van der Waals surface area contributed by atoms with E-state index in [1.165, 1.54) is 11.3 Å². The maximum absolute atomic E-state index is 12.7. The van der Waals surface area contributed by atoms with Gasteiger partial charge in [0.25, 0.3) is 11.8 Å². The molecule has 1 spiro atoms. The molecule has 2 N–H and O–H groups in total. The van der Waals surface area contributed by atoms with Gasteiger partial charge in [0.2, 0.25) is 0 Å². The van der Waals surface area contributed by atoms with Crippen molar-refractivity contribution >= 4 is 46.1 Å². The average Bonchev–Trinajstić information content (AvgIpc) is 3.45. The highest BCUT2D eigenvalue weighted by Crippen LogP contribution is 2.39. The summed E-state index contributed by atoms with van der Waals surface area (Å²) >= 11 is 1.34. The molecular weight excluding hydrogens is 462 g/mol. The molecule has 0 atom stereocenters. The summed E-state index contributed by atoms with van der Waals surface area (Å²) in [6, 6.07) is -0.620. The van der Waals surface area contributed by atoms with Gasteiger partial charge in [-0.05, 0) is 57.9 Å². The van der Waals surface area contributed by atoms with Gasteiger partial charge >= 0.3 is 18.0 Å². The smallest absolute Gasteiger partial charge is 0.341 e. The topological polar surface area (TPSA) is 131 Å². The minimum Gasteiger partial charge on any atom is -0.459 e. The van der Waals surface area contributed by atoms with Crippen LogP contribution in [-0.2, 0) is 36.7 Å². The fraction of sp³-hybridized carbons (Fsp3) is 0.609. The van der Waals surface area contributed by atoms with Crippen LogP contribution >= 0.6 is 11.3 Å². The molecule has 184 valence electrons. The highest BCUT2D eigenvalue weighted by molar-refractivity contribution is 7.17. The number of hydrogen-bond donors (Lipinski definition) is 2. The maximum Gasteiger partial charge on any atom is 0.341 e. The van der Waals surface area contributed by atoms with Crippen molar-refractivity contribution in [2.24, 2.45) is 0 Å². The maximum atomic E-state index is 12.7. The molecule has 11 heteroatoms. The second kappa shape index (κ2) is 9.73. The predicted molar refractivity (Wildman–Crippen MR) is 123 cm³/mol. The van der Waals surface area contributed by atoms with Crippen LogP contribution < -0.4 is 10.6 Å². The van der Waals surface area contributed by atoms with Crippen molar-refractivity contribution in [3.63, 3.8) is 0 Å². The molecule has 2 heterocycles. The molecule has 0 unspecified atom stereocenters. The van der Waals surface area contributed by atoms with E-state index in [4.69, 9.17) is 9.47 Å². The van der Waals surface area contributed by atoms with E-state index in [2.05, 4.69) is 10.6 Å². The number of esters is 2. The SMILES string of the molecule is CC(C)OC(=O)c1c(NC(=O)COC(=O)CN2C(=O)NC3(CCCC3)C2=O)sc2c1CCCC2. The van der Waals surface area contributed by atoms with Crippen molar-refractivity contribution in [2.75, 3.05) is 18.5 Å². The Kier molecular flexibility index (Phi) is 6.92. The number of amides is 4. The number of carbonyl (C=O) groups is 5. The lowest BCUT2D eigenvalue weighted by Crippen LogP contribution is -2.44. The van der Waals surface area contributed by atoms with Crippen LogP contribution in [-0.4, -0.2) is 59.5 Å². The van der Waals surface area contributed by atoms with Crippen LogP contribution in [0.3, 0.4) is 0 Å². The number of nitrogens with one attached hydrogen (secondary N) is 2. The number of carbonyl (C=O) groups excluding carboxylic acids is 5. The number of hydrogen-bond acceptors (Lipinski definition) is 8. The number of thiophene rings is 1. The molecule has 34 heavy (non-hydrogen) atoms. The fourth-order valence-electron chi connectivity index (χ4n) is 4.76. The van der Waals surface area contributed by atoms with Gasteiger partial charge in [-0.3, -0.25) is 19.3 Å². The zero-order chi connectivity index (χ0) is 24.5. The molecule has 1 aromatic rings. The number of fused-ring (bicyclic) bond motifs is 1. The van der Waals surface area contributed by atoms with Crippen molar-refractivity contribution in [3.05, 3.63) is 16.0 Å². The number of aryl methyl sites for hydroxylation is 1. The Hall–Kier alpha value is -2.95. The van der Waals surface area contributed by atoms with Crippen LogP contribution in [0, 0.1) is 0 Å². The third kappa shape index (κ3) is 4.79. The zero-order valence-corrected chi connectivity index (χ0v) is 20.2. The summed E-state index contributed by atoms with van der Waals surface area (Å²) in [5.74, 6) is -2.39. The normalized spacial score (nSPS) is 18.7. The lowest BCUT2D eigenvalue weighted by Gasteiger charge is -2.19. The van der Waals surface area contributed by atoms with Gasteiger partial charge in [0, 0.05) is 4.88 Å². The van der Waals surface area contributed by atoms with Crippen LogP contribution in [0.5, 0.6) is 0 Å². The highest BCUT2D eigenvalue weighted by atomic mass is 32.1. The summed E-state index contributed by atoms with van der Waals surface area (Å²) in [6.07, 6.45) is 6.03. The minimum absolute atomic E-state index is 0.301. The average molecular weight is 492 g/mol. The third-order valence-corrected chi connectivity index (χ3v) is 7.53. The Morgan fingerprint density at radius 3 is 2.53 bits per heavy atom. The molecule has 3 aliphatic rings. The van der Waals surface area contributed by atoms with Crippen molar-refractivity contribution < 1.29 is 33.4 Å². The summed E-state index contributed by atoms with van der Waals surface area (Å²) in [5.41, 5.74) is 0.372. The van der Waals surface area contributed by atoms with Crippen molar-refractivity contribution in [3.8, 4) is 0 Å². The molecule has 0 radical (unpaired) electrons. The molecule has 1 aliphatic heterocycles. The third-order valence-electron chi connectivity index (χ3n) is 6.33. The summed E-state index contributed by atoms with van der Waals surface area (Å²) in [5, 5.41) is 5.75. The molecule has 0 bridgehead atoms. The summed E-state index contributed by atoms with van der Waals surface area (Å²) in [4.78, 5) is 64.2. The number of imide groups is 1.